The van der Waals surface area contributed by atoms with Crippen molar-refractivity contribution in [1.29, 1.82) is 0 Å². The normalized spacial score (nSPS) is 23.1. The summed E-state index contributed by atoms with van der Waals surface area (Å²) in [6, 6.07) is 13.3. The van der Waals surface area contributed by atoms with Crippen molar-refractivity contribution in [3.8, 4) is 0 Å². The molecule has 0 bridgehead atoms. The molecule has 2 aromatic rings. The van der Waals surface area contributed by atoms with Crippen molar-refractivity contribution >= 4 is 11.6 Å². The van der Waals surface area contributed by atoms with Gasteiger partial charge in [0.1, 0.15) is 0 Å². The summed E-state index contributed by atoms with van der Waals surface area (Å²) in [7, 11) is 0. The molecule has 0 aromatic heterocycles. The molecule has 0 spiro atoms. The fourth-order valence-electron chi connectivity index (χ4n) is 4.65. The van der Waals surface area contributed by atoms with E-state index in [4.69, 9.17) is 11.6 Å². The molecule has 1 heteroatoms. The van der Waals surface area contributed by atoms with Gasteiger partial charge in [-0.15, -0.1) is 0 Å². The van der Waals surface area contributed by atoms with Gasteiger partial charge in [0.2, 0.25) is 0 Å². The van der Waals surface area contributed by atoms with Crippen LogP contribution >= 0.6 is 11.6 Å². The Kier molecular flexibility index (Phi) is 4.50. The van der Waals surface area contributed by atoms with Crippen molar-refractivity contribution in [2.24, 2.45) is 5.92 Å². The lowest BCUT2D eigenvalue weighted by Crippen LogP contribution is -2.20. The van der Waals surface area contributed by atoms with Crippen LogP contribution in [-0.2, 0) is 25.7 Å². The highest BCUT2D eigenvalue weighted by molar-refractivity contribution is 6.30. The van der Waals surface area contributed by atoms with E-state index in [1.54, 1.807) is 22.3 Å². The number of halogens is 1. The van der Waals surface area contributed by atoms with Gasteiger partial charge in [-0.25, -0.2) is 0 Å². The van der Waals surface area contributed by atoms with E-state index < -0.39 is 0 Å². The van der Waals surface area contributed by atoms with Crippen molar-refractivity contribution < 1.29 is 0 Å². The minimum Gasteiger partial charge on any atom is -0.0914 e. The molecule has 0 amide bonds. The van der Waals surface area contributed by atoms with Gasteiger partial charge in [0.15, 0.2) is 0 Å². The smallest absolute Gasteiger partial charge is 0.0406 e. The van der Waals surface area contributed by atoms with Crippen molar-refractivity contribution in [3.05, 3.63) is 81.4 Å². The maximum atomic E-state index is 6.04. The maximum Gasteiger partial charge on any atom is 0.0406 e. The first-order valence-electron chi connectivity index (χ1n) is 9.25. The summed E-state index contributed by atoms with van der Waals surface area (Å²) >= 11 is 6.04. The van der Waals surface area contributed by atoms with E-state index in [2.05, 4.69) is 43.3 Å². The average Bonchev–Trinajstić information content (AvgIpc) is 2.62. The summed E-state index contributed by atoms with van der Waals surface area (Å²) < 4.78 is 0. The van der Waals surface area contributed by atoms with Gasteiger partial charge in [-0.1, -0.05) is 48.0 Å². The number of rotatable bonds is 2. The average molecular weight is 337 g/mol. The number of fused-ring (bicyclic) bond motifs is 3. The SMILES string of the molecule is C/C=C\[C@H]1CCc2c(ccc3c2CC[C@H](c2ccc(Cl)cc2)C3)C1. The van der Waals surface area contributed by atoms with Gasteiger partial charge in [-0.3, -0.25) is 0 Å². The molecular weight excluding hydrogens is 312 g/mol. The van der Waals surface area contributed by atoms with E-state index in [1.807, 2.05) is 12.1 Å². The fourth-order valence-corrected chi connectivity index (χ4v) is 4.78. The predicted octanol–water partition coefficient (Wildman–Crippen LogP) is 6.29. The lowest BCUT2D eigenvalue weighted by molar-refractivity contribution is 0.533. The van der Waals surface area contributed by atoms with Gasteiger partial charge in [-0.05, 0) is 97.2 Å². The summed E-state index contributed by atoms with van der Waals surface area (Å²) in [5, 5.41) is 0.833. The monoisotopic (exact) mass is 336 g/mol. The van der Waals surface area contributed by atoms with Gasteiger partial charge in [0.05, 0.1) is 0 Å². The molecule has 0 unspecified atom stereocenters. The lowest BCUT2D eigenvalue weighted by atomic mass is 9.74. The zero-order valence-corrected chi connectivity index (χ0v) is 15.2. The Morgan fingerprint density at radius 2 is 1.54 bits per heavy atom. The molecule has 0 N–H and O–H groups in total. The first-order chi connectivity index (χ1) is 11.7. The number of benzene rings is 2. The van der Waals surface area contributed by atoms with Crippen LogP contribution in [0.4, 0.5) is 0 Å². The third-order valence-electron chi connectivity index (χ3n) is 5.89. The largest absolute Gasteiger partial charge is 0.0914 e. The van der Waals surface area contributed by atoms with E-state index >= 15 is 0 Å². The van der Waals surface area contributed by atoms with E-state index in [0.29, 0.717) is 5.92 Å². The Hall–Kier alpha value is -1.53. The van der Waals surface area contributed by atoms with Crippen molar-refractivity contribution in [2.45, 2.75) is 51.4 Å². The van der Waals surface area contributed by atoms with Crippen LogP contribution in [0.5, 0.6) is 0 Å². The molecule has 24 heavy (non-hydrogen) atoms. The molecule has 124 valence electrons. The van der Waals surface area contributed by atoms with Gasteiger partial charge in [0, 0.05) is 5.02 Å². The molecule has 2 atom stereocenters. The minimum absolute atomic E-state index is 0.646. The number of hydrogen-bond acceptors (Lipinski definition) is 0. The second-order valence-corrected chi connectivity index (χ2v) is 7.80. The fraction of sp³-hybridized carbons (Fsp3) is 0.391. The summed E-state index contributed by atoms with van der Waals surface area (Å²) in [5.41, 5.74) is 7.99. The summed E-state index contributed by atoms with van der Waals surface area (Å²) in [4.78, 5) is 0. The Labute approximate surface area is 150 Å². The van der Waals surface area contributed by atoms with E-state index in [1.165, 1.54) is 44.1 Å². The molecule has 2 aliphatic rings. The Morgan fingerprint density at radius 1 is 0.875 bits per heavy atom. The van der Waals surface area contributed by atoms with Crippen LogP contribution in [0.3, 0.4) is 0 Å². The highest BCUT2D eigenvalue weighted by Crippen LogP contribution is 2.38. The molecule has 4 rings (SSSR count). The third kappa shape index (κ3) is 3.05. The van der Waals surface area contributed by atoms with Crippen molar-refractivity contribution in [2.75, 3.05) is 0 Å². The second kappa shape index (κ2) is 6.76. The molecule has 0 radical (unpaired) electrons. The molecule has 0 saturated carbocycles. The highest BCUT2D eigenvalue weighted by Gasteiger charge is 2.26. The molecule has 0 saturated heterocycles. The van der Waals surface area contributed by atoms with Crippen LogP contribution in [0.1, 0.15) is 53.5 Å². The summed E-state index contributed by atoms with van der Waals surface area (Å²) in [5.74, 6) is 1.39. The van der Waals surface area contributed by atoms with Gasteiger partial charge < -0.3 is 0 Å². The lowest BCUT2D eigenvalue weighted by Gasteiger charge is -2.31. The minimum atomic E-state index is 0.646. The molecule has 2 aliphatic carbocycles. The van der Waals surface area contributed by atoms with Gasteiger partial charge in [0.25, 0.3) is 0 Å². The first kappa shape index (κ1) is 16.0. The van der Waals surface area contributed by atoms with Crippen molar-refractivity contribution in [3.63, 3.8) is 0 Å². The van der Waals surface area contributed by atoms with Crippen LogP contribution in [0.2, 0.25) is 5.02 Å². The van der Waals surface area contributed by atoms with Crippen LogP contribution < -0.4 is 0 Å². The Morgan fingerprint density at radius 3 is 2.25 bits per heavy atom. The second-order valence-electron chi connectivity index (χ2n) is 7.36. The summed E-state index contributed by atoms with van der Waals surface area (Å²) in [6.45, 7) is 2.14. The summed E-state index contributed by atoms with van der Waals surface area (Å²) in [6.07, 6.45) is 12.1. The first-order valence-corrected chi connectivity index (χ1v) is 9.63. The molecule has 2 aromatic carbocycles. The Bertz CT molecular complexity index is 754. The molecule has 0 aliphatic heterocycles. The topological polar surface area (TPSA) is 0 Å². The Balaban J connectivity index is 1.59. The van der Waals surface area contributed by atoms with Crippen LogP contribution in [0, 0.1) is 5.92 Å². The standard InChI is InChI=1S/C23H25Cl/c1-2-3-16-4-12-22-19(14-16)5-6-20-15-18(9-13-23(20)22)17-7-10-21(24)11-8-17/h2-3,5-8,10-11,16,18H,4,9,12-15H2,1H3/b3-2-/t16-,18-/m0/s1. The molecular formula is C23H25Cl. The van der Waals surface area contributed by atoms with Crippen molar-refractivity contribution in [1.82, 2.24) is 0 Å². The predicted molar refractivity (Wildman–Crippen MR) is 103 cm³/mol. The van der Waals surface area contributed by atoms with E-state index in [-0.39, 0.29) is 0 Å². The van der Waals surface area contributed by atoms with Gasteiger partial charge >= 0.3 is 0 Å². The maximum absolute atomic E-state index is 6.04. The number of allylic oxidation sites excluding steroid dienone is 2. The molecule has 0 fully saturated rings. The molecule has 0 nitrogen and oxygen atoms in total. The van der Waals surface area contributed by atoms with Crippen LogP contribution in [0.15, 0.2) is 48.6 Å². The van der Waals surface area contributed by atoms with E-state index in [9.17, 15) is 0 Å². The zero-order valence-electron chi connectivity index (χ0n) is 14.4. The number of hydrogen-bond donors (Lipinski definition) is 0. The zero-order chi connectivity index (χ0) is 16.5. The third-order valence-corrected chi connectivity index (χ3v) is 6.14. The molecule has 0 heterocycles. The van der Waals surface area contributed by atoms with Gasteiger partial charge in [-0.2, -0.15) is 0 Å². The van der Waals surface area contributed by atoms with Crippen LogP contribution in [-0.4, -0.2) is 0 Å². The quantitative estimate of drug-likeness (QED) is 0.565. The highest BCUT2D eigenvalue weighted by atomic mass is 35.5. The van der Waals surface area contributed by atoms with Crippen LogP contribution in [0.25, 0.3) is 0 Å². The van der Waals surface area contributed by atoms with E-state index in [0.717, 1.165) is 10.9 Å².